The van der Waals surface area contributed by atoms with Gasteiger partial charge in [0.25, 0.3) is 0 Å². The van der Waals surface area contributed by atoms with Crippen LogP contribution in [-0.2, 0) is 0 Å². The third-order valence-corrected chi connectivity index (χ3v) is 3.45. The lowest BCUT2D eigenvalue weighted by Gasteiger charge is -2.07. The molecule has 0 atom stereocenters. The third-order valence-electron chi connectivity index (χ3n) is 3.45. The Bertz CT molecular complexity index is 682. The number of ketones is 1. The number of aromatic nitrogens is 1. The number of carbonyl (C=O) groups excluding carboxylic acids is 1. The monoisotopic (exact) mass is 280 g/mol. The van der Waals surface area contributed by atoms with Crippen molar-refractivity contribution in [1.82, 2.24) is 4.98 Å². The van der Waals surface area contributed by atoms with Crippen LogP contribution in [0.3, 0.4) is 0 Å². The van der Waals surface area contributed by atoms with E-state index in [0.717, 1.165) is 28.2 Å². The maximum absolute atomic E-state index is 11.8. The van der Waals surface area contributed by atoms with Gasteiger partial charge in [0.15, 0.2) is 5.78 Å². The Balaban J connectivity index is 2.42. The molecule has 21 heavy (non-hydrogen) atoms. The number of para-hydroxylation sites is 1. The van der Waals surface area contributed by atoms with E-state index in [4.69, 9.17) is 4.99 Å². The minimum absolute atomic E-state index is 0.0525. The van der Waals surface area contributed by atoms with Gasteiger partial charge in [-0.05, 0) is 44.0 Å². The first kappa shape index (κ1) is 15.1. The average molecular weight is 280 g/mol. The van der Waals surface area contributed by atoms with Gasteiger partial charge in [0.2, 0.25) is 0 Å². The highest BCUT2D eigenvalue weighted by Crippen LogP contribution is 2.23. The van der Waals surface area contributed by atoms with Gasteiger partial charge < -0.3 is 0 Å². The van der Waals surface area contributed by atoms with Gasteiger partial charge in [-0.1, -0.05) is 31.2 Å². The standard InChI is InChI=1S/C18H20N2O/c1-5-17(21)16-11-7-10-15(20-16)14(4)19-18-12(2)8-6-9-13(18)3/h6-11H,5H2,1-4H3/b19-14+. The van der Waals surface area contributed by atoms with Crippen molar-refractivity contribution >= 4 is 17.2 Å². The second-order valence-corrected chi connectivity index (χ2v) is 5.12. The van der Waals surface area contributed by atoms with Gasteiger partial charge in [-0.25, -0.2) is 4.98 Å². The highest BCUT2D eigenvalue weighted by atomic mass is 16.1. The van der Waals surface area contributed by atoms with Gasteiger partial charge in [-0.15, -0.1) is 0 Å². The number of pyridine rings is 1. The fourth-order valence-electron chi connectivity index (χ4n) is 2.18. The second-order valence-electron chi connectivity index (χ2n) is 5.12. The van der Waals surface area contributed by atoms with Crippen LogP contribution in [0.2, 0.25) is 0 Å². The maximum atomic E-state index is 11.8. The van der Waals surface area contributed by atoms with E-state index in [1.165, 1.54) is 0 Å². The molecule has 0 bridgehead atoms. The van der Waals surface area contributed by atoms with E-state index >= 15 is 0 Å². The molecule has 0 fully saturated rings. The molecule has 0 saturated carbocycles. The van der Waals surface area contributed by atoms with Crippen LogP contribution in [0, 0.1) is 13.8 Å². The molecule has 0 unspecified atom stereocenters. The Hall–Kier alpha value is -2.29. The summed E-state index contributed by atoms with van der Waals surface area (Å²) >= 11 is 0. The van der Waals surface area contributed by atoms with Crippen molar-refractivity contribution in [3.05, 3.63) is 58.9 Å². The largest absolute Gasteiger partial charge is 0.292 e. The molecule has 0 aliphatic carbocycles. The predicted octanol–water partition coefficient (Wildman–Crippen LogP) is 4.43. The van der Waals surface area contributed by atoms with Crippen molar-refractivity contribution in [3.63, 3.8) is 0 Å². The van der Waals surface area contributed by atoms with Crippen molar-refractivity contribution in [2.75, 3.05) is 0 Å². The summed E-state index contributed by atoms with van der Waals surface area (Å²) in [5.74, 6) is 0.0525. The number of carbonyl (C=O) groups is 1. The highest BCUT2D eigenvalue weighted by Gasteiger charge is 2.08. The zero-order valence-corrected chi connectivity index (χ0v) is 13.0. The van der Waals surface area contributed by atoms with Crippen LogP contribution in [0.25, 0.3) is 0 Å². The predicted molar refractivity (Wildman–Crippen MR) is 86.6 cm³/mol. The molecule has 0 saturated heterocycles. The fraction of sp³-hybridized carbons (Fsp3) is 0.278. The molecule has 3 nitrogen and oxygen atoms in total. The van der Waals surface area contributed by atoms with Crippen molar-refractivity contribution in [2.45, 2.75) is 34.1 Å². The molecule has 2 rings (SSSR count). The third kappa shape index (κ3) is 3.43. The number of nitrogens with zero attached hydrogens (tertiary/aromatic N) is 2. The van der Waals surface area contributed by atoms with Crippen molar-refractivity contribution in [2.24, 2.45) is 4.99 Å². The molecule has 0 spiro atoms. The number of rotatable bonds is 4. The van der Waals surface area contributed by atoms with E-state index in [2.05, 4.69) is 4.98 Å². The van der Waals surface area contributed by atoms with Gasteiger partial charge in [0.05, 0.1) is 17.1 Å². The summed E-state index contributed by atoms with van der Waals surface area (Å²) in [4.78, 5) is 20.9. The lowest BCUT2D eigenvalue weighted by molar-refractivity contribution is 0.0983. The Kier molecular flexibility index (Phi) is 4.63. The summed E-state index contributed by atoms with van der Waals surface area (Å²) in [7, 11) is 0. The smallest absolute Gasteiger partial charge is 0.180 e. The summed E-state index contributed by atoms with van der Waals surface area (Å²) < 4.78 is 0. The first-order valence-electron chi connectivity index (χ1n) is 7.15. The molecule has 0 radical (unpaired) electrons. The van der Waals surface area contributed by atoms with Crippen molar-refractivity contribution in [3.8, 4) is 0 Å². The second kappa shape index (κ2) is 6.44. The molecular formula is C18H20N2O. The maximum Gasteiger partial charge on any atom is 0.180 e. The summed E-state index contributed by atoms with van der Waals surface area (Å²) in [6.45, 7) is 7.86. The van der Waals surface area contributed by atoms with Gasteiger partial charge >= 0.3 is 0 Å². The molecule has 1 heterocycles. The number of hydrogen-bond donors (Lipinski definition) is 0. The molecular weight excluding hydrogens is 260 g/mol. The van der Waals surface area contributed by atoms with Crippen LogP contribution < -0.4 is 0 Å². The number of hydrogen-bond acceptors (Lipinski definition) is 3. The lowest BCUT2D eigenvalue weighted by Crippen LogP contribution is -2.06. The lowest BCUT2D eigenvalue weighted by atomic mass is 10.1. The van der Waals surface area contributed by atoms with Crippen LogP contribution in [0.4, 0.5) is 5.69 Å². The SMILES string of the molecule is CCC(=O)c1cccc(/C(C)=N/c2c(C)cccc2C)n1. The molecule has 108 valence electrons. The number of Topliss-reactive ketones (excluding diaryl/α,β-unsaturated/α-hetero) is 1. The van der Waals surface area contributed by atoms with Gasteiger partial charge in [0, 0.05) is 6.42 Å². The number of benzene rings is 1. The minimum atomic E-state index is 0.0525. The van der Waals surface area contributed by atoms with Crippen LogP contribution in [-0.4, -0.2) is 16.5 Å². The molecule has 0 aliphatic heterocycles. The quantitative estimate of drug-likeness (QED) is 0.614. The Labute approximate surface area is 125 Å². The van der Waals surface area contributed by atoms with Crippen LogP contribution in [0.15, 0.2) is 41.4 Å². The van der Waals surface area contributed by atoms with Crippen LogP contribution in [0.1, 0.15) is 47.6 Å². The summed E-state index contributed by atoms with van der Waals surface area (Å²) in [5, 5.41) is 0. The van der Waals surface area contributed by atoms with E-state index < -0.39 is 0 Å². The van der Waals surface area contributed by atoms with E-state index in [0.29, 0.717) is 12.1 Å². The zero-order chi connectivity index (χ0) is 15.4. The fourth-order valence-corrected chi connectivity index (χ4v) is 2.18. The topological polar surface area (TPSA) is 42.3 Å². The Morgan fingerprint density at radius 3 is 2.24 bits per heavy atom. The number of aliphatic imine (C=N–C) groups is 1. The van der Waals surface area contributed by atoms with Crippen LogP contribution in [0.5, 0.6) is 0 Å². The van der Waals surface area contributed by atoms with Crippen molar-refractivity contribution in [1.29, 1.82) is 0 Å². The first-order valence-corrected chi connectivity index (χ1v) is 7.15. The van der Waals surface area contributed by atoms with Crippen molar-refractivity contribution < 1.29 is 4.79 Å². The summed E-state index contributed by atoms with van der Waals surface area (Å²) in [6.07, 6.45) is 0.462. The van der Waals surface area contributed by atoms with E-state index in [1.54, 1.807) is 6.07 Å². The Morgan fingerprint density at radius 1 is 1.05 bits per heavy atom. The number of aryl methyl sites for hydroxylation is 2. The van der Waals surface area contributed by atoms with Crippen LogP contribution >= 0.6 is 0 Å². The summed E-state index contributed by atoms with van der Waals surface area (Å²) in [5.41, 5.74) is 5.32. The van der Waals surface area contributed by atoms with E-state index in [1.807, 2.05) is 58.0 Å². The molecule has 0 amide bonds. The molecule has 0 N–H and O–H groups in total. The summed E-state index contributed by atoms with van der Waals surface area (Å²) in [6, 6.07) is 11.6. The first-order chi connectivity index (χ1) is 10.0. The van der Waals surface area contributed by atoms with Gasteiger partial charge in [0.1, 0.15) is 5.69 Å². The molecule has 2 aromatic rings. The molecule has 3 heteroatoms. The molecule has 1 aromatic carbocycles. The normalized spacial score (nSPS) is 11.5. The van der Waals surface area contributed by atoms with Gasteiger partial charge in [-0.2, -0.15) is 0 Å². The van der Waals surface area contributed by atoms with E-state index in [9.17, 15) is 4.79 Å². The average Bonchev–Trinajstić information content (AvgIpc) is 2.50. The molecule has 1 aromatic heterocycles. The Morgan fingerprint density at radius 2 is 1.62 bits per heavy atom. The molecule has 0 aliphatic rings. The van der Waals surface area contributed by atoms with E-state index in [-0.39, 0.29) is 5.78 Å². The minimum Gasteiger partial charge on any atom is -0.292 e. The van der Waals surface area contributed by atoms with Gasteiger partial charge in [-0.3, -0.25) is 9.79 Å². The highest BCUT2D eigenvalue weighted by molar-refractivity contribution is 6.00. The zero-order valence-electron chi connectivity index (χ0n) is 13.0.